The number of aromatic nitrogens is 2. The zero-order valence-electron chi connectivity index (χ0n) is 10.3. The van der Waals surface area contributed by atoms with E-state index in [0.717, 1.165) is 18.9 Å². The molecule has 1 N–H and O–H groups in total. The van der Waals surface area contributed by atoms with Crippen molar-refractivity contribution in [3.8, 4) is 0 Å². The highest BCUT2D eigenvalue weighted by molar-refractivity contribution is 4.99. The average molecular weight is 211 g/mol. The maximum Gasteiger partial charge on any atom is 0.233 e. The molecule has 0 fully saturated rings. The Morgan fingerprint density at radius 2 is 2.00 bits per heavy atom. The molecule has 4 nitrogen and oxygen atoms in total. The average Bonchev–Trinajstić information content (AvgIpc) is 2.67. The summed E-state index contributed by atoms with van der Waals surface area (Å²) < 4.78 is 5.67. The first kappa shape index (κ1) is 12.2. The molecule has 86 valence electrons. The third-order valence-corrected chi connectivity index (χ3v) is 2.78. The summed E-state index contributed by atoms with van der Waals surface area (Å²) in [6.07, 6.45) is 0.990. The highest BCUT2D eigenvalue weighted by Gasteiger charge is 2.26. The van der Waals surface area contributed by atoms with Crippen LogP contribution in [0.3, 0.4) is 0 Å². The fraction of sp³-hybridized carbons (Fsp3) is 0.818. The van der Waals surface area contributed by atoms with E-state index in [1.807, 2.05) is 6.92 Å². The van der Waals surface area contributed by atoms with Crippen LogP contribution < -0.4 is 5.32 Å². The van der Waals surface area contributed by atoms with Gasteiger partial charge in [0.05, 0.1) is 6.04 Å². The molecule has 0 spiro atoms. The Labute approximate surface area is 91.5 Å². The molecule has 1 aromatic rings. The van der Waals surface area contributed by atoms with E-state index >= 15 is 0 Å². The molecule has 0 radical (unpaired) electrons. The van der Waals surface area contributed by atoms with Crippen LogP contribution in [0.25, 0.3) is 0 Å². The molecular formula is C11H21N3O. The Kier molecular flexibility index (Phi) is 3.85. The lowest BCUT2D eigenvalue weighted by atomic mass is 9.90. The van der Waals surface area contributed by atoms with Crippen molar-refractivity contribution >= 4 is 0 Å². The zero-order chi connectivity index (χ0) is 11.5. The van der Waals surface area contributed by atoms with Gasteiger partial charge < -0.3 is 9.73 Å². The quantitative estimate of drug-likeness (QED) is 0.812. The Morgan fingerprint density at radius 1 is 1.33 bits per heavy atom. The molecule has 15 heavy (non-hydrogen) atoms. The molecule has 1 aromatic heterocycles. The van der Waals surface area contributed by atoms with Gasteiger partial charge in [0.2, 0.25) is 11.8 Å². The fourth-order valence-corrected chi connectivity index (χ4v) is 1.23. The normalized spacial score (nSPS) is 14.2. The lowest BCUT2D eigenvalue weighted by Crippen LogP contribution is -2.18. The Hall–Kier alpha value is -0.900. The van der Waals surface area contributed by atoms with Crippen LogP contribution in [0.4, 0.5) is 0 Å². The highest BCUT2D eigenvalue weighted by Crippen LogP contribution is 2.26. The topological polar surface area (TPSA) is 51.0 Å². The lowest BCUT2D eigenvalue weighted by molar-refractivity contribution is 0.327. The van der Waals surface area contributed by atoms with Gasteiger partial charge in [0, 0.05) is 5.41 Å². The zero-order valence-corrected chi connectivity index (χ0v) is 10.3. The molecular weight excluding hydrogens is 190 g/mol. The Morgan fingerprint density at radius 3 is 2.53 bits per heavy atom. The van der Waals surface area contributed by atoms with Crippen molar-refractivity contribution in [1.82, 2.24) is 15.5 Å². The first-order chi connectivity index (χ1) is 7.01. The van der Waals surface area contributed by atoms with E-state index in [1.165, 1.54) is 0 Å². The molecule has 0 aromatic carbocycles. The molecule has 0 aliphatic heterocycles. The van der Waals surface area contributed by atoms with E-state index in [2.05, 4.69) is 43.2 Å². The van der Waals surface area contributed by atoms with Crippen LogP contribution in [-0.2, 0) is 5.41 Å². The molecule has 1 heterocycles. The highest BCUT2D eigenvalue weighted by atomic mass is 16.4. The summed E-state index contributed by atoms with van der Waals surface area (Å²) in [5.41, 5.74) is -0.0306. The van der Waals surface area contributed by atoms with Crippen molar-refractivity contribution in [3.05, 3.63) is 11.8 Å². The maximum absolute atomic E-state index is 5.67. The van der Waals surface area contributed by atoms with Crippen LogP contribution in [0, 0.1) is 0 Å². The number of nitrogens with zero attached hydrogens (tertiary/aromatic N) is 2. The van der Waals surface area contributed by atoms with E-state index in [-0.39, 0.29) is 11.5 Å². The van der Waals surface area contributed by atoms with Crippen molar-refractivity contribution in [3.63, 3.8) is 0 Å². The van der Waals surface area contributed by atoms with Crippen molar-refractivity contribution in [1.29, 1.82) is 0 Å². The van der Waals surface area contributed by atoms with Crippen LogP contribution in [0.15, 0.2) is 4.42 Å². The standard InChI is InChI=1S/C11H21N3O/c1-6-11(4,5)10-14-13-9(15-10)8(3)12-7-2/h8,12H,6-7H2,1-5H3. The largest absolute Gasteiger partial charge is 0.423 e. The van der Waals surface area contributed by atoms with E-state index in [0.29, 0.717) is 5.89 Å². The maximum atomic E-state index is 5.67. The summed E-state index contributed by atoms with van der Waals surface area (Å²) >= 11 is 0. The molecule has 1 atom stereocenters. The minimum Gasteiger partial charge on any atom is -0.423 e. The number of nitrogens with one attached hydrogen (secondary N) is 1. The van der Waals surface area contributed by atoms with Gasteiger partial charge in [0.15, 0.2) is 0 Å². The molecule has 0 saturated heterocycles. The van der Waals surface area contributed by atoms with Gasteiger partial charge >= 0.3 is 0 Å². The van der Waals surface area contributed by atoms with E-state index in [9.17, 15) is 0 Å². The molecule has 0 bridgehead atoms. The van der Waals surface area contributed by atoms with Gasteiger partial charge in [0.25, 0.3) is 0 Å². The summed E-state index contributed by atoms with van der Waals surface area (Å²) in [7, 11) is 0. The molecule has 0 aliphatic rings. The van der Waals surface area contributed by atoms with Gasteiger partial charge in [-0.15, -0.1) is 10.2 Å². The van der Waals surface area contributed by atoms with Crippen molar-refractivity contribution in [2.75, 3.05) is 6.54 Å². The van der Waals surface area contributed by atoms with Gasteiger partial charge in [0.1, 0.15) is 0 Å². The second-order valence-electron chi connectivity index (χ2n) is 4.46. The minimum absolute atomic E-state index is 0.0306. The van der Waals surface area contributed by atoms with Gasteiger partial charge in [-0.2, -0.15) is 0 Å². The fourth-order valence-electron chi connectivity index (χ4n) is 1.23. The molecule has 1 rings (SSSR count). The summed E-state index contributed by atoms with van der Waals surface area (Å²) in [6, 6.07) is 0.129. The third kappa shape index (κ3) is 2.78. The van der Waals surface area contributed by atoms with Gasteiger partial charge in [-0.3, -0.25) is 0 Å². The summed E-state index contributed by atoms with van der Waals surface area (Å²) in [4.78, 5) is 0. The second kappa shape index (κ2) is 4.75. The van der Waals surface area contributed by atoms with Crippen LogP contribution in [0.1, 0.15) is 58.9 Å². The second-order valence-corrected chi connectivity index (χ2v) is 4.46. The van der Waals surface area contributed by atoms with E-state index in [4.69, 9.17) is 4.42 Å². The van der Waals surface area contributed by atoms with Gasteiger partial charge in [-0.05, 0) is 19.9 Å². The van der Waals surface area contributed by atoms with Crippen LogP contribution >= 0.6 is 0 Å². The molecule has 4 heteroatoms. The lowest BCUT2D eigenvalue weighted by Gasteiger charge is -2.16. The van der Waals surface area contributed by atoms with E-state index in [1.54, 1.807) is 0 Å². The van der Waals surface area contributed by atoms with E-state index < -0.39 is 0 Å². The molecule has 0 aliphatic carbocycles. The monoisotopic (exact) mass is 211 g/mol. The van der Waals surface area contributed by atoms with Gasteiger partial charge in [-0.1, -0.05) is 27.7 Å². The van der Waals surface area contributed by atoms with Crippen molar-refractivity contribution in [2.45, 2.75) is 52.5 Å². The summed E-state index contributed by atoms with van der Waals surface area (Å²) in [6.45, 7) is 11.3. The number of hydrogen-bond donors (Lipinski definition) is 1. The summed E-state index contributed by atoms with van der Waals surface area (Å²) in [5, 5.41) is 11.4. The minimum atomic E-state index is -0.0306. The van der Waals surface area contributed by atoms with Crippen LogP contribution in [0.5, 0.6) is 0 Å². The molecule has 0 amide bonds. The predicted octanol–water partition coefficient (Wildman–Crippen LogP) is 2.43. The Bertz CT molecular complexity index is 307. The number of hydrogen-bond acceptors (Lipinski definition) is 4. The van der Waals surface area contributed by atoms with Crippen molar-refractivity contribution < 1.29 is 4.42 Å². The molecule has 0 saturated carbocycles. The predicted molar refractivity (Wildman–Crippen MR) is 59.7 cm³/mol. The van der Waals surface area contributed by atoms with Crippen LogP contribution in [0.2, 0.25) is 0 Å². The third-order valence-electron chi connectivity index (χ3n) is 2.78. The first-order valence-electron chi connectivity index (χ1n) is 5.58. The molecule has 1 unspecified atom stereocenters. The number of rotatable bonds is 5. The Balaban J connectivity index is 2.80. The van der Waals surface area contributed by atoms with Gasteiger partial charge in [-0.25, -0.2) is 0 Å². The first-order valence-corrected chi connectivity index (χ1v) is 5.58. The van der Waals surface area contributed by atoms with Crippen LogP contribution in [-0.4, -0.2) is 16.7 Å². The SMILES string of the molecule is CCNC(C)c1nnc(C(C)(C)CC)o1. The van der Waals surface area contributed by atoms with Crippen molar-refractivity contribution in [2.24, 2.45) is 0 Å². The smallest absolute Gasteiger partial charge is 0.233 e. The summed E-state index contributed by atoms with van der Waals surface area (Å²) in [5.74, 6) is 1.40.